The van der Waals surface area contributed by atoms with Crippen LogP contribution < -0.4 is 0 Å². The maximum Gasteiger partial charge on any atom is 0.0811 e. The lowest BCUT2D eigenvalue weighted by molar-refractivity contribution is 0.0861. The highest BCUT2D eigenvalue weighted by molar-refractivity contribution is 8.00. The van der Waals surface area contributed by atoms with Crippen molar-refractivity contribution >= 4 is 11.8 Å². The number of hydrogen-bond acceptors (Lipinski definition) is 3. The third kappa shape index (κ3) is 5.45. The maximum atomic E-state index is 10.1. The summed E-state index contributed by atoms with van der Waals surface area (Å²) in [6, 6.07) is 0. The minimum atomic E-state index is -0.599. The van der Waals surface area contributed by atoms with Crippen molar-refractivity contribution in [1.29, 1.82) is 0 Å². The van der Waals surface area contributed by atoms with E-state index in [0.29, 0.717) is 28.9 Å². The van der Waals surface area contributed by atoms with Crippen molar-refractivity contribution in [2.24, 2.45) is 23.2 Å². The number of rotatable bonds is 5. The van der Waals surface area contributed by atoms with Gasteiger partial charge in [0, 0.05) is 11.2 Å². The van der Waals surface area contributed by atoms with Gasteiger partial charge in [0.2, 0.25) is 0 Å². The minimum absolute atomic E-state index is 0.361. The third-order valence-corrected chi connectivity index (χ3v) is 9.40. The fourth-order valence-corrected chi connectivity index (χ4v) is 7.53. The molecule has 0 saturated heterocycles. The van der Waals surface area contributed by atoms with Crippen LogP contribution >= 0.6 is 11.8 Å². The molecule has 0 radical (unpaired) electrons. The molecular weight excluding hydrogens is 388 g/mol. The van der Waals surface area contributed by atoms with Crippen molar-refractivity contribution in [3.05, 3.63) is 35.5 Å². The van der Waals surface area contributed by atoms with Crippen LogP contribution in [0.25, 0.3) is 0 Å². The largest absolute Gasteiger partial charge is 0.393 e. The van der Waals surface area contributed by atoms with Crippen LogP contribution in [0.15, 0.2) is 35.5 Å². The van der Waals surface area contributed by atoms with Crippen LogP contribution in [0.4, 0.5) is 0 Å². The van der Waals surface area contributed by atoms with Crippen LogP contribution in [0.2, 0.25) is 0 Å². The topological polar surface area (TPSA) is 40.5 Å². The first kappa shape index (κ1) is 24.1. The van der Waals surface area contributed by atoms with E-state index < -0.39 is 12.2 Å². The summed E-state index contributed by atoms with van der Waals surface area (Å²) in [4.78, 5) is 0. The molecule has 3 rings (SSSR count). The molecule has 3 aliphatic rings. The van der Waals surface area contributed by atoms with Gasteiger partial charge in [0.25, 0.3) is 0 Å². The monoisotopic (exact) mass is 432 g/mol. The summed E-state index contributed by atoms with van der Waals surface area (Å²) in [5, 5.41) is 20.2. The third-order valence-electron chi connectivity index (χ3n) is 8.10. The van der Waals surface area contributed by atoms with Crippen molar-refractivity contribution in [3.8, 4) is 0 Å². The van der Waals surface area contributed by atoms with E-state index in [1.165, 1.54) is 44.3 Å². The first-order valence-corrected chi connectivity index (χ1v) is 13.1. The van der Waals surface area contributed by atoms with Gasteiger partial charge in [0.05, 0.1) is 12.2 Å². The van der Waals surface area contributed by atoms with E-state index in [0.717, 1.165) is 23.0 Å². The van der Waals surface area contributed by atoms with E-state index >= 15 is 0 Å². The Morgan fingerprint density at radius 3 is 2.67 bits per heavy atom. The number of aliphatic hydroxyl groups excluding tert-OH is 2. The Hall–Kier alpha value is -0.510. The molecule has 0 aromatic rings. The molecule has 1 unspecified atom stereocenters. The molecule has 0 bridgehead atoms. The van der Waals surface area contributed by atoms with Crippen LogP contribution in [-0.4, -0.2) is 32.9 Å². The molecule has 6 atom stereocenters. The van der Waals surface area contributed by atoms with E-state index in [9.17, 15) is 10.2 Å². The van der Waals surface area contributed by atoms with Gasteiger partial charge in [-0.3, -0.25) is 0 Å². The highest BCUT2D eigenvalue weighted by Crippen LogP contribution is 2.59. The second kappa shape index (κ2) is 9.55. The Morgan fingerprint density at radius 1 is 1.23 bits per heavy atom. The normalized spacial score (nSPS) is 38.8. The lowest BCUT2D eigenvalue weighted by atomic mass is 9.61. The molecule has 2 N–H and O–H groups in total. The number of fused-ring (bicyclic) bond motifs is 1. The van der Waals surface area contributed by atoms with Crippen LogP contribution in [0.3, 0.4) is 0 Å². The number of allylic oxidation sites excluding steroid dienone is 3. The van der Waals surface area contributed by atoms with Crippen LogP contribution in [0, 0.1) is 23.2 Å². The zero-order chi connectivity index (χ0) is 22.1. The minimum Gasteiger partial charge on any atom is -0.393 e. The summed E-state index contributed by atoms with van der Waals surface area (Å²) in [5.74, 6) is 3.57. The van der Waals surface area contributed by atoms with Crippen molar-refractivity contribution in [1.82, 2.24) is 0 Å². The van der Waals surface area contributed by atoms with Crippen LogP contribution in [-0.2, 0) is 0 Å². The SMILES string of the molecule is C=C1C(=CC=C2CCC[C@]3(C)C([C@H](C)CCSC(C)(C)C)CC[C@@H]23)C[C@@H](O)C[C@@H]1O. The van der Waals surface area contributed by atoms with E-state index in [2.05, 4.69) is 65.1 Å². The first-order chi connectivity index (χ1) is 14.0. The lowest BCUT2D eigenvalue weighted by Crippen LogP contribution is -2.36. The summed E-state index contributed by atoms with van der Waals surface area (Å²) in [7, 11) is 0. The summed E-state index contributed by atoms with van der Waals surface area (Å²) >= 11 is 2.11. The van der Waals surface area contributed by atoms with Gasteiger partial charge in [-0.2, -0.15) is 11.8 Å². The Bertz CT molecular complexity index is 685. The second-order valence-electron chi connectivity index (χ2n) is 11.4. The quantitative estimate of drug-likeness (QED) is 0.509. The highest BCUT2D eigenvalue weighted by atomic mass is 32.2. The van der Waals surface area contributed by atoms with Gasteiger partial charge in [-0.05, 0) is 85.0 Å². The molecule has 0 aromatic heterocycles. The van der Waals surface area contributed by atoms with E-state index in [1.54, 1.807) is 5.57 Å². The molecule has 3 fully saturated rings. The molecular formula is C27H44O2S. The molecule has 0 spiro atoms. The molecule has 3 heteroatoms. The summed E-state index contributed by atoms with van der Waals surface area (Å²) in [6.45, 7) is 16.1. The fraction of sp³-hybridized carbons (Fsp3) is 0.778. The van der Waals surface area contributed by atoms with Crippen LogP contribution in [0.1, 0.15) is 86.0 Å². The summed E-state index contributed by atoms with van der Waals surface area (Å²) < 4.78 is 0.361. The smallest absolute Gasteiger partial charge is 0.0811 e. The molecule has 0 aromatic carbocycles. The summed E-state index contributed by atoms with van der Waals surface area (Å²) in [6.07, 6.45) is 12.3. The Labute approximate surface area is 189 Å². The van der Waals surface area contributed by atoms with Gasteiger partial charge in [0.1, 0.15) is 0 Å². The van der Waals surface area contributed by atoms with Gasteiger partial charge in [-0.15, -0.1) is 0 Å². The second-order valence-corrected chi connectivity index (χ2v) is 13.3. The average molecular weight is 433 g/mol. The predicted molar refractivity (Wildman–Crippen MR) is 131 cm³/mol. The van der Waals surface area contributed by atoms with Gasteiger partial charge in [0.15, 0.2) is 0 Å². The first-order valence-electron chi connectivity index (χ1n) is 12.1. The van der Waals surface area contributed by atoms with Gasteiger partial charge < -0.3 is 10.2 Å². The summed E-state index contributed by atoms with van der Waals surface area (Å²) in [5.41, 5.74) is 3.85. The van der Waals surface area contributed by atoms with Crippen molar-refractivity contribution < 1.29 is 10.2 Å². The van der Waals surface area contributed by atoms with E-state index in [1.807, 2.05) is 0 Å². The molecule has 30 heavy (non-hydrogen) atoms. The Balaban J connectivity index is 1.70. The zero-order valence-corrected chi connectivity index (χ0v) is 20.7. The standard InChI is InChI=1S/C27H44O2S/c1-18(13-15-30-26(3,4)5)23-11-12-24-20(8-7-14-27(23,24)6)9-10-21-16-22(28)17-25(29)19(21)2/h9-10,18,22-25,28-29H,2,7-8,11-17H2,1,3-6H3/t18-,22-,23?,24+,25+,27-/m1/s1. The average Bonchev–Trinajstić information content (AvgIpc) is 3.00. The number of aliphatic hydroxyl groups is 2. The number of thioether (sulfide) groups is 1. The lowest BCUT2D eigenvalue weighted by Gasteiger charge is -2.44. The van der Waals surface area contributed by atoms with Gasteiger partial charge in [-0.25, -0.2) is 0 Å². The fourth-order valence-electron chi connectivity index (χ4n) is 6.43. The highest BCUT2D eigenvalue weighted by Gasteiger charge is 2.50. The molecule has 0 heterocycles. The maximum absolute atomic E-state index is 10.1. The van der Waals surface area contributed by atoms with Crippen molar-refractivity contribution in [3.63, 3.8) is 0 Å². The Kier molecular flexibility index (Phi) is 7.68. The van der Waals surface area contributed by atoms with E-state index in [4.69, 9.17) is 0 Å². The van der Waals surface area contributed by atoms with Crippen molar-refractivity contribution in [2.75, 3.05) is 5.75 Å². The molecule has 170 valence electrons. The molecule has 3 saturated carbocycles. The zero-order valence-electron chi connectivity index (χ0n) is 19.9. The van der Waals surface area contributed by atoms with Crippen molar-refractivity contribution in [2.45, 2.75) is 103 Å². The van der Waals surface area contributed by atoms with Gasteiger partial charge >= 0.3 is 0 Å². The van der Waals surface area contributed by atoms with Crippen LogP contribution in [0.5, 0.6) is 0 Å². The predicted octanol–water partition coefficient (Wildman–Crippen LogP) is 6.69. The molecule has 2 nitrogen and oxygen atoms in total. The Morgan fingerprint density at radius 2 is 1.97 bits per heavy atom. The molecule has 0 amide bonds. The molecule has 3 aliphatic carbocycles. The number of hydrogen-bond donors (Lipinski definition) is 2. The van der Waals surface area contributed by atoms with E-state index in [-0.39, 0.29) is 0 Å². The molecule has 0 aliphatic heterocycles. The van der Waals surface area contributed by atoms with Gasteiger partial charge in [-0.1, -0.05) is 58.9 Å².